The third-order valence-corrected chi connectivity index (χ3v) is 3.57. The van der Waals surface area contributed by atoms with E-state index >= 15 is 0 Å². The zero-order valence-electron chi connectivity index (χ0n) is 13.9. The number of nitrogens with zero attached hydrogens (tertiary/aromatic N) is 1. The van der Waals surface area contributed by atoms with Gasteiger partial charge in [0, 0.05) is 25.2 Å². The molecule has 0 spiro atoms. The zero-order valence-corrected chi connectivity index (χ0v) is 13.9. The SMILES string of the molecule is CCOc1ccccc1CN(C)C(=O)c1c(C)cc(=O)oc1C. The maximum atomic E-state index is 12.7. The number of benzene rings is 1. The highest BCUT2D eigenvalue weighted by molar-refractivity contribution is 5.96. The first-order valence-corrected chi connectivity index (χ1v) is 7.51. The van der Waals surface area contributed by atoms with E-state index < -0.39 is 5.63 Å². The Balaban J connectivity index is 2.26. The van der Waals surface area contributed by atoms with Crippen molar-refractivity contribution < 1.29 is 13.9 Å². The Bertz CT molecular complexity index is 738. The number of hydrogen-bond donors (Lipinski definition) is 0. The Labute approximate surface area is 135 Å². The summed E-state index contributed by atoms with van der Waals surface area (Å²) >= 11 is 0. The van der Waals surface area contributed by atoms with Crippen LogP contribution in [0.3, 0.4) is 0 Å². The quantitative estimate of drug-likeness (QED) is 0.851. The van der Waals surface area contributed by atoms with Gasteiger partial charge in [-0.1, -0.05) is 18.2 Å². The Kier molecular flexibility index (Phi) is 5.21. The summed E-state index contributed by atoms with van der Waals surface area (Å²) in [5, 5.41) is 0. The molecule has 0 fully saturated rings. The fourth-order valence-corrected chi connectivity index (χ4v) is 2.53. The average molecular weight is 315 g/mol. The van der Waals surface area contributed by atoms with Gasteiger partial charge in [0.25, 0.3) is 5.91 Å². The maximum absolute atomic E-state index is 12.7. The van der Waals surface area contributed by atoms with Gasteiger partial charge in [-0.05, 0) is 32.4 Å². The fourth-order valence-electron chi connectivity index (χ4n) is 2.53. The minimum absolute atomic E-state index is 0.185. The Hall–Kier alpha value is -2.56. The second kappa shape index (κ2) is 7.13. The third kappa shape index (κ3) is 3.80. The van der Waals surface area contributed by atoms with Crippen molar-refractivity contribution in [2.24, 2.45) is 0 Å². The molecule has 0 saturated carbocycles. The van der Waals surface area contributed by atoms with Crippen molar-refractivity contribution in [2.45, 2.75) is 27.3 Å². The second-order valence-electron chi connectivity index (χ2n) is 5.38. The van der Waals surface area contributed by atoms with Crippen LogP contribution in [0.15, 0.2) is 39.5 Å². The molecule has 2 aromatic rings. The Morgan fingerprint density at radius 3 is 2.61 bits per heavy atom. The van der Waals surface area contributed by atoms with E-state index in [1.54, 1.807) is 25.8 Å². The summed E-state index contributed by atoms with van der Waals surface area (Å²) in [6.07, 6.45) is 0. The van der Waals surface area contributed by atoms with Crippen molar-refractivity contribution in [3.8, 4) is 5.75 Å². The Morgan fingerprint density at radius 1 is 1.26 bits per heavy atom. The molecule has 0 bridgehead atoms. The summed E-state index contributed by atoms with van der Waals surface area (Å²) in [7, 11) is 1.72. The number of carbonyl (C=O) groups excluding carboxylic acids is 1. The summed E-state index contributed by atoms with van der Waals surface area (Å²) in [6.45, 7) is 6.26. The van der Waals surface area contributed by atoms with Gasteiger partial charge in [0.1, 0.15) is 11.5 Å². The van der Waals surface area contributed by atoms with Gasteiger partial charge in [0.05, 0.1) is 12.2 Å². The predicted octanol–water partition coefficient (Wildman–Crippen LogP) is 2.93. The summed E-state index contributed by atoms with van der Waals surface area (Å²) in [4.78, 5) is 25.6. The lowest BCUT2D eigenvalue weighted by Crippen LogP contribution is -2.28. The van der Waals surface area contributed by atoms with E-state index in [0.717, 1.165) is 11.3 Å². The second-order valence-corrected chi connectivity index (χ2v) is 5.38. The molecule has 122 valence electrons. The number of carbonyl (C=O) groups is 1. The van der Waals surface area contributed by atoms with Crippen LogP contribution in [0.1, 0.15) is 34.2 Å². The van der Waals surface area contributed by atoms with Gasteiger partial charge in [-0.25, -0.2) is 4.79 Å². The highest BCUT2D eigenvalue weighted by Gasteiger charge is 2.20. The molecule has 2 rings (SSSR count). The third-order valence-electron chi connectivity index (χ3n) is 3.57. The minimum atomic E-state index is -0.444. The number of para-hydroxylation sites is 1. The lowest BCUT2D eigenvalue weighted by atomic mass is 10.1. The average Bonchev–Trinajstić information content (AvgIpc) is 2.48. The van der Waals surface area contributed by atoms with Crippen LogP contribution >= 0.6 is 0 Å². The van der Waals surface area contributed by atoms with Crippen molar-refractivity contribution >= 4 is 5.91 Å². The molecular weight excluding hydrogens is 294 g/mol. The van der Waals surface area contributed by atoms with Gasteiger partial charge < -0.3 is 14.1 Å². The van der Waals surface area contributed by atoms with E-state index in [0.29, 0.717) is 30.0 Å². The van der Waals surface area contributed by atoms with Crippen molar-refractivity contribution in [3.63, 3.8) is 0 Å². The maximum Gasteiger partial charge on any atom is 0.336 e. The predicted molar refractivity (Wildman–Crippen MR) is 87.9 cm³/mol. The summed E-state index contributed by atoms with van der Waals surface area (Å²) < 4.78 is 10.6. The van der Waals surface area contributed by atoms with E-state index in [2.05, 4.69) is 0 Å². The number of rotatable bonds is 5. The molecule has 0 unspecified atom stereocenters. The summed E-state index contributed by atoms with van der Waals surface area (Å²) in [5.74, 6) is 0.919. The highest BCUT2D eigenvalue weighted by atomic mass is 16.5. The van der Waals surface area contributed by atoms with Crippen LogP contribution in [0.4, 0.5) is 0 Å². The van der Waals surface area contributed by atoms with Crippen LogP contribution < -0.4 is 10.4 Å². The highest BCUT2D eigenvalue weighted by Crippen LogP contribution is 2.21. The molecule has 23 heavy (non-hydrogen) atoms. The molecule has 1 aromatic carbocycles. The molecule has 0 aliphatic rings. The van der Waals surface area contributed by atoms with Gasteiger partial charge >= 0.3 is 5.63 Å². The van der Waals surface area contributed by atoms with E-state index in [4.69, 9.17) is 9.15 Å². The van der Waals surface area contributed by atoms with Gasteiger partial charge in [-0.2, -0.15) is 0 Å². The van der Waals surface area contributed by atoms with Crippen LogP contribution in [-0.2, 0) is 6.54 Å². The lowest BCUT2D eigenvalue weighted by Gasteiger charge is -2.20. The lowest BCUT2D eigenvalue weighted by molar-refractivity contribution is 0.0779. The van der Waals surface area contributed by atoms with Crippen LogP contribution in [0.2, 0.25) is 0 Å². The number of ether oxygens (including phenoxy) is 1. The number of hydrogen-bond acceptors (Lipinski definition) is 4. The van der Waals surface area contributed by atoms with Crippen molar-refractivity contribution in [2.75, 3.05) is 13.7 Å². The zero-order chi connectivity index (χ0) is 17.0. The van der Waals surface area contributed by atoms with Gasteiger partial charge in [-0.3, -0.25) is 4.79 Å². The molecule has 5 nitrogen and oxygen atoms in total. The fraction of sp³-hybridized carbons (Fsp3) is 0.333. The minimum Gasteiger partial charge on any atom is -0.494 e. The smallest absolute Gasteiger partial charge is 0.336 e. The van der Waals surface area contributed by atoms with E-state index in [1.807, 2.05) is 31.2 Å². The van der Waals surface area contributed by atoms with Crippen LogP contribution in [0, 0.1) is 13.8 Å². The van der Waals surface area contributed by atoms with Gasteiger partial charge in [0.2, 0.25) is 0 Å². The molecule has 0 aliphatic carbocycles. The first kappa shape index (κ1) is 16.8. The molecule has 5 heteroatoms. The largest absolute Gasteiger partial charge is 0.494 e. The van der Waals surface area contributed by atoms with Crippen molar-refractivity contribution in [1.29, 1.82) is 0 Å². The summed E-state index contributed by atoms with van der Waals surface area (Å²) in [6, 6.07) is 8.96. The normalized spacial score (nSPS) is 10.4. The van der Waals surface area contributed by atoms with Crippen LogP contribution in [-0.4, -0.2) is 24.5 Å². The Morgan fingerprint density at radius 2 is 1.96 bits per heavy atom. The topological polar surface area (TPSA) is 59.8 Å². The standard InChI is InChI=1S/C18H21NO4/c1-5-22-15-9-7-6-8-14(15)11-19(4)18(21)17-12(2)10-16(20)23-13(17)3/h6-10H,5,11H2,1-4H3. The molecule has 1 heterocycles. The molecule has 0 radical (unpaired) electrons. The molecule has 0 N–H and O–H groups in total. The van der Waals surface area contributed by atoms with E-state index in [9.17, 15) is 9.59 Å². The van der Waals surface area contributed by atoms with Crippen molar-refractivity contribution in [3.05, 3.63) is 63.2 Å². The first-order chi connectivity index (χ1) is 10.9. The van der Waals surface area contributed by atoms with Gasteiger partial charge in [-0.15, -0.1) is 0 Å². The monoisotopic (exact) mass is 315 g/mol. The van der Waals surface area contributed by atoms with Gasteiger partial charge in [0.15, 0.2) is 0 Å². The van der Waals surface area contributed by atoms with Crippen LogP contribution in [0.25, 0.3) is 0 Å². The van der Waals surface area contributed by atoms with Crippen molar-refractivity contribution in [1.82, 2.24) is 4.90 Å². The number of aryl methyl sites for hydroxylation is 2. The molecule has 1 amide bonds. The molecule has 1 aromatic heterocycles. The van der Waals surface area contributed by atoms with E-state index in [1.165, 1.54) is 6.07 Å². The summed E-state index contributed by atoms with van der Waals surface area (Å²) in [5.41, 5.74) is 1.54. The number of amides is 1. The molecule has 0 atom stereocenters. The molecular formula is C18H21NO4. The first-order valence-electron chi connectivity index (χ1n) is 7.51. The molecule has 0 saturated heterocycles. The molecule has 0 aliphatic heterocycles. The van der Waals surface area contributed by atoms with Crippen LogP contribution in [0.5, 0.6) is 5.75 Å². The van der Waals surface area contributed by atoms with E-state index in [-0.39, 0.29) is 5.91 Å².